The average molecular weight is 873 g/mol. The highest BCUT2D eigenvalue weighted by Gasteiger charge is 2.46. The molecule has 0 spiro atoms. The van der Waals surface area contributed by atoms with Gasteiger partial charge in [-0.05, 0) is 76.5 Å². The number of hydrogen-bond donors (Lipinski definition) is 3. The van der Waals surface area contributed by atoms with Gasteiger partial charge in [0.2, 0.25) is 5.72 Å². The van der Waals surface area contributed by atoms with E-state index < -0.39 is 53.1 Å². The molecule has 4 aromatic rings. The van der Waals surface area contributed by atoms with Crippen molar-refractivity contribution in [2.75, 3.05) is 47.4 Å². The first-order valence-electron chi connectivity index (χ1n) is 21.4. The molecule has 6 heterocycles. The van der Waals surface area contributed by atoms with E-state index in [4.69, 9.17) is 24.2 Å². The lowest BCUT2D eigenvalue weighted by Crippen LogP contribution is -2.67. The Bertz CT molecular complexity index is 2320. The number of likely N-dealkylation sites (N-methyl/N-ethyl adjacent to an activating group) is 1. The second-order valence-electron chi connectivity index (χ2n) is 18.1. The standard InChI is InChI=1S/C45H60N8O8S/c1-10-52-35-15-14-28-19-31(35)32(38(52)30-13-11-17-46-37(30)27(4)59-9)21-44(5,6)25-60-42(56)45(58)16-12-18-53(49-45)41(55)33(20-36-47-34(28)24-62-36)48-40(54)39(26(2)3)61-43(57)51-22-29(23-51)50(7)8/h11,13-15,17,19,24,26-27,29,33,39,49,58H,10,12,16,18,20-23,25H2,1-9H3,(H,48,54)/t27-,33-,39-,45-/m0/s1. The summed E-state index contributed by atoms with van der Waals surface area (Å²) in [5, 5.41) is 19.3. The number of esters is 1. The first kappa shape index (κ1) is 45.1. The van der Waals surface area contributed by atoms with Gasteiger partial charge in [-0.1, -0.05) is 33.8 Å². The Morgan fingerprint density at radius 2 is 1.92 bits per heavy atom. The highest BCUT2D eigenvalue weighted by Crippen LogP contribution is 2.42. The van der Waals surface area contributed by atoms with Gasteiger partial charge in [0.05, 0.1) is 34.8 Å². The van der Waals surface area contributed by atoms with Crippen molar-refractivity contribution in [3.63, 3.8) is 0 Å². The summed E-state index contributed by atoms with van der Waals surface area (Å²) in [5.74, 6) is -2.57. The van der Waals surface area contributed by atoms with Crippen LogP contribution in [0.1, 0.15) is 76.8 Å². The summed E-state index contributed by atoms with van der Waals surface area (Å²) in [7, 11) is 5.55. The van der Waals surface area contributed by atoms with Crippen LogP contribution in [0.15, 0.2) is 41.9 Å². The molecule has 17 heteroatoms. The molecule has 1 aromatic carbocycles. The third-order valence-corrected chi connectivity index (χ3v) is 13.1. The lowest BCUT2D eigenvalue weighted by atomic mass is 9.84. The van der Waals surface area contributed by atoms with Crippen LogP contribution in [0.4, 0.5) is 4.79 Å². The van der Waals surface area contributed by atoms with E-state index in [9.17, 15) is 24.3 Å². The first-order valence-corrected chi connectivity index (χ1v) is 22.3. The SMILES string of the molecule is CCn1c(-c2cccnc2[C@H](C)OC)c2c3cc(ccc31)-c1csc(n1)C[C@H](NC(=O)[C@@H](OC(=O)N1CC(N(C)C)C1)C(C)C)C(=O)N1CCC[C@@](O)(N1)C(=O)OCC(C)(C)C2. The quantitative estimate of drug-likeness (QED) is 0.194. The van der Waals surface area contributed by atoms with Crippen molar-refractivity contribution < 1.29 is 38.5 Å². The molecule has 16 nitrogen and oxygen atoms in total. The van der Waals surface area contributed by atoms with Crippen LogP contribution in [0.5, 0.6) is 0 Å². The Morgan fingerprint density at radius 1 is 1.16 bits per heavy atom. The molecule has 0 unspecified atom stereocenters. The molecule has 0 saturated carbocycles. The number of rotatable bonds is 9. The number of aliphatic hydroxyl groups is 1. The number of amides is 3. The molecule has 0 radical (unpaired) electrons. The Morgan fingerprint density at radius 3 is 2.61 bits per heavy atom. The monoisotopic (exact) mass is 872 g/mol. The summed E-state index contributed by atoms with van der Waals surface area (Å²) >= 11 is 1.36. The minimum Gasteiger partial charge on any atom is -0.462 e. The van der Waals surface area contributed by atoms with Gasteiger partial charge in [-0.15, -0.1) is 11.3 Å². The number of likely N-dealkylation sites (tertiary alicyclic amines) is 1. The predicted molar refractivity (Wildman–Crippen MR) is 235 cm³/mol. The molecule has 62 heavy (non-hydrogen) atoms. The van der Waals surface area contributed by atoms with Crippen LogP contribution in [0.3, 0.4) is 0 Å². The summed E-state index contributed by atoms with van der Waals surface area (Å²) < 4.78 is 19.8. The molecular weight excluding hydrogens is 813 g/mol. The molecule has 334 valence electrons. The van der Waals surface area contributed by atoms with Gasteiger partial charge >= 0.3 is 12.1 Å². The summed E-state index contributed by atoms with van der Waals surface area (Å²) in [6.45, 7) is 13.4. The zero-order chi connectivity index (χ0) is 44.7. The van der Waals surface area contributed by atoms with Crippen LogP contribution < -0.4 is 10.7 Å². The lowest BCUT2D eigenvalue weighted by Gasteiger charge is -2.42. The molecule has 3 aliphatic heterocycles. The van der Waals surface area contributed by atoms with E-state index in [0.717, 1.165) is 39.0 Å². The van der Waals surface area contributed by atoms with Gasteiger partial charge in [0, 0.05) is 91.2 Å². The predicted octanol–water partition coefficient (Wildman–Crippen LogP) is 4.93. The van der Waals surface area contributed by atoms with Crippen molar-refractivity contribution >= 4 is 46.1 Å². The molecule has 3 aliphatic rings. The second kappa shape index (κ2) is 18.0. The van der Waals surface area contributed by atoms with E-state index in [1.165, 1.54) is 16.3 Å². The van der Waals surface area contributed by atoms with Crippen LogP contribution in [0, 0.1) is 11.3 Å². The van der Waals surface area contributed by atoms with E-state index in [1.807, 2.05) is 57.3 Å². The van der Waals surface area contributed by atoms with Gasteiger partial charge in [-0.25, -0.2) is 14.6 Å². The van der Waals surface area contributed by atoms with Crippen LogP contribution in [0.2, 0.25) is 0 Å². The van der Waals surface area contributed by atoms with Gasteiger partial charge in [0.1, 0.15) is 6.04 Å². The molecular formula is C45H60N8O8S. The van der Waals surface area contributed by atoms with Gasteiger partial charge in [0.25, 0.3) is 11.8 Å². The molecule has 4 atom stereocenters. The van der Waals surface area contributed by atoms with Crippen molar-refractivity contribution in [1.82, 2.24) is 40.1 Å². The number of hydrogen-bond acceptors (Lipinski definition) is 13. The molecule has 2 saturated heterocycles. The zero-order valence-corrected chi connectivity index (χ0v) is 38.0. The highest BCUT2D eigenvalue weighted by atomic mass is 32.1. The van der Waals surface area contributed by atoms with E-state index in [2.05, 4.69) is 40.4 Å². The van der Waals surface area contributed by atoms with Crippen molar-refractivity contribution in [1.29, 1.82) is 0 Å². The Kier molecular flexibility index (Phi) is 13.1. The van der Waals surface area contributed by atoms with Crippen molar-refractivity contribution in [2.24, 2.45) is 11.3 Å². The summed E-state index contributed by atoms with van der Waals surface area (Å²) in [6.07, 6.45) is 0.455. The molecule has 7 rings (SSSR count). The molecule has 0 aliphatic carbocycles. The molecule has 6 bridgehead atoms. The Hall–Kier alpha value is -4.94. The number of ether oxygens (including phenoxy) is 3. The number of carbonyl (C=O) groups excluding carboxylic acids is 4. The zero-order valence-electron chi connectivity index (χ0n) is 37.2. The number of methoxy groups -OCH3 is 1. The summed E-state index contributed by atoms with van der Waals surface area (Å²) in [5.41, 5.74) is 6.28. The maximum absolute atomic E-state index is 14.5. The number of pyridine rings is 1. The van der Waals surface area contributed by atoms with Crippen LogP contribution in [0.25, 0.3) is 33.4 Å². The highest BCUT2D eigenvalue weighted by molar-refractivity contribution is 7.10. The first-order chi connectivity index (χ1) is 29.4. The number of cyclic esters (lactones) is 1. The molecule has 2 fully saturated rings. The maximum Gasteiger partial charge on any atom is 0.410 e. The Labute approximate surface area is 366 Å². The van der Waals surface area contributed by atoms with Crippen molar-refractivity contribution in [2.45, 2.75) is 104 Å². The van der Waals surface area contributed by atoms with Gasteiger partial charge in [-0.2, -0.15) is 5.43 Å². The van der Waals surface area contributed by atoms with Gasteiger partial charge < -0.3 is 39.0 Å². The third kappa shape index (κ3) is 9.09. The number of fused-ring (bicyclic) bond motifs is 6. The molecule has 3 amide bonds. The van der Waals surface area contributed by atoms with Crippen molar-refractivity contribution in [3.05, 3.63) is 58.2 Å². The average Bonchev–Trinajstić information content (AvgIpc) is 3.81. The number of hydrazine groups is 1. The normalized spacial score (nSPS) is 22.0. The number of aromatic nitrogens is 3. The molecule has 3 N–H and O–H groups in total. The topological polar surface area (TPSA) is 181 Å². The lowest BCUT2D eigenvalue weighted by molar-refractivity contribution is -0.189. The number of aryl methyl sites for hydroxylation is 1. The fourth-order valence-electron chi connectivity index (χ4n) is 8.46. The summed E-state index contributed by atoms with van der Waals surface area (Å²) in [6, 6.07) is 9.25. The van der Waals surface area contributed by atoms with E-state index in [0.29, 0.717) is 36.8 Å². The number of nitrogens with zero attached hydrogens (tertiary/aromatic N) is 6. The van der Waals surface area contributed by atoms with Crippen LogP contribution in [-0.4, -0.2) is 130 Å². The summed E-state index contributed by atoms with van der Waals surface area (Å²) in [4.78, 5) is 68.9. The van der Waals surface area contributed by atoms with Gasteiger partial charge in [0.15, 0.2) is 6.10 Å². The maximum atomic E-state index is 14.5. The minimum absolute atomic E-state index is 0.00214. The van der Waals surface area contributed by atoms with Gasteiger partial charge in [-0.3, -0.25) is 19.6 Å². The minimum atomic E-state index is -2.21. The van der Waals surface area contributed by atoms with E-state index in [-0.39, 0.29) is 44.6 Å². The fourth-order valence-corrected chi connectivity index (χ4v) is 9.31. The van der Waals surface area contributed by atoms with E-state index >= 15 is 0 Å². The number of carbonyl (C=O) groups is 4. The number of nitrogens with one attached hydrogen (secondary N) is 2. The number of benzene rings is 1. The number of thiazole rings is 1. The molecule has 3 aromatic heterocycles. The smallest absolute Gasteiger partial charge is 0.410 e. The van der Waals surface area contributed by atoms with E-state index in [1.54, 1.807) is 32.1 Å². The van der Waals surface area contributed by atoms with Crippen LogP contribution in [-0.2, 0) is 48.0 Å². The van der Waals surface area contributed by atoms with Crippen molar-refractivity contribution in [3.8, 4) is 22.5 Å². The van der Waals surface area contributed by atoms with Crippen LogP contribution >= 0.6 is 11.3 Å². The Balaban J connectivity index is 1.29. The largest absolute Gasteiger partial charge is 0.462 e. The second-order valence-corrected chi connectivity index (χ2v) is 19.0. The fraction of sp³-hybridized carbons (Fsp3) is 0.556. The third-order valence-electron chi connectivity index (χ3n) is 12.2.